The van der Waals surface area contributed by atoms with Crippen LogP contribution in [0.15, 0.2) is 42.5 Å². The largest absolute Gasteiger partial charge is 0.312 e. The number of rotatable bonds is 6. The van der Waals surface area contributed by atoms with E-state index in [1.54, 1.807) is 0 Å². The molecule has 0 aliphatic heterocycles. The Hall–Kier alpha value is -1.38. The molecular weight excluding hydrogens is 244 g/mol. The first-order chi connectivity index (χ1) is 9.61. The average molecular weight is 270 g/mol. The fourth-order valence-corrected chi connectivity index (χ4v) is 2.91. The first-order valence-corrected chi connectivity index (χ1v) is 7.45. The minimum absolute atomic E-state index is 0.366. The van der Waals surface area contributed by atoms with E-state index in [4.69, 9.17) is 0 Å². The predicted octanol–water partition coefficient (Wildman–Crippen LogP) is 3.69. The van der Waals surface area contributed by atoms with Crippen LogP contribution in [-0.2, 0) is 0 Å². The van der Waals surface area contributed by atoms with Crippen molar-refractivity contribution in [2.45, 2.75) is 19.9 Å². The van der Waals surface area contributed by atoms with Gasteiger partial charge in [-0.15, -0.1) is 0 Å². The topological polar surface area (TPSA) is 15.3 Å². The van der Waals surface area contributed by atoms with Crippen molar-refractivity contribution in [1.82, 2.24) is 10.2 Å². The van der Waals surface area contributed by atoms with Gasteiger partial charge in [0.25, 0.3) is 0 Å². The maximum atomic E-state index is 3.47. The lowest BCUT2D eigenvalue weighted by molar-refractivity contribution is 0.267. The van der Waals surface area contributed by atoms with Crippen molar-refractivity contribution < 1.29 is 0 Å². The fourth-order valence-electron chi connectivity index (χ4n) is 2.91. The number of nitrogens with one attached hydrogen (secondary N) is 1. The molecule has 0 aromatic heterocycles. The van der Waals surface area contributed by atoms with Gasteiger partial charge < -0.3 is 10.2 Å². The van der Waals surface area contributed by atoms with Crippen molar-refractivity contribution >= 4 is 10.8 Å². The highest BCUT2D eigenvalue weighted by atomic mass is 15.1. The molecule has 20 heavy (non-hydrogen) atoms. The summed E-state index contributed by atoms with van der Waals surface area (Å²) in [4.78, 5) is 2.41. The molecule has 0 heterocycles. The van der Waals surface area contributed by atoms with Crippen LogP contribution >= 0.6 is 0 Å². The monoisotopic (exact) mass is 270 g/mol. The molecule has 2 heteroatoms. The molecule has 0 aliphatic carbocycles. The summed E-state index contributed by atoms with van der Waals surface area (Å²) in [5.74, 6) is 0.699. The zero-order chi connectivity index (χ0) is 14.5. The molecule has 108 valence electrons. The number of fused-ring (bicyclic) bond motifs is 1. The third-order valence-electron chi connectivity index (χ3n) is 3.72. The third-order valence-corrected chi connectivity index (χ3v) is 3.72. The van der Waals surface area contributed by atoms with Gasteiger partial charge in [-0.2, -0.15) is 0 Å². The van der Waals surface area contributed by atoms with Gasteiger partial charge in [0.15, 0.2) is 0 Å². The quantitative estimate of drug-likeness (QED) is 0.861. The van der Waals surface area contributed by atoms with E-state index < -0.39 is 0 Å². The second-order valence-corrected chi connectivity index (χ2v) is 6.02. The maximum absolute atomic E-state index is 3.47. The van der Waals surface area contributed by atoms with Crippen molar-refractivity contribution in [2.75, 3.05) is 27.2 Å². The van der Waals surface area contributed by atoms with Crippen molar-refractivity contribution in [3.8, 4) is 0 Å². The molecule has 2 rings (SSSR count). The smallest absolute Gasteiger partial charge is 0.0452 e. The fraction of sp³-hybridized carbons (Fsp3) is 0.444. The summed E-state index contributed by atoms with van der Waals surface area (Å²) in [5.41, 5.74) is 1.39. The van der Waals surface area contributed by atoms with Gasteiger partial charge in [0, 0.05) is 19.1 Å². The van der Waals surface area contributed by atoms with Gasteiger partial charge in [-0.05, 0) is 36.3 Å². The number of nitrogens with zero attached hydrogens (tertiary/aromatic N) is 1. The standard InChI is InChI=1S/C18H26N2/c1-14(2)12-20(4)13-18(19-3)17-11-7-9-15-8-5-6-10-16(15)17/h5-11,14,18-19H,12-13H2,1-4H3. The number of likely N-dealkylation sites (N-methyl/N-ethyl adjacent to an activating group) is 2. The molecule has 0 aliphatic rings. The first kappa shape index (κ1) is 15.0. The Morgan fingerprint density at radius 1 is 1.00 bits per heavy atom. The van der Waals surface area contributed by atoms with Gasteiger partial charge in [-0.1, -0.05) is 56.3 Å². The van der Waals surface area contributed by atoms with Gasteiger partial charge in [0.1, 0.15) is 0 Å². The van der Waals surface area contributed by atoms with Crippen LogP contribution in [0, 0.1) is 5.92 Å². The van der Waals surface area contributed by atoms with E-state index in [2.05, 4.69) is 80.6 Å². The lowest BCUT2D eigenvalue weighted by Gasteiger charge is -2.26. The normalized spacial score (nSPS) is 13.3. The SMILES string of the molecule is CNC(CN(C)CC(C)C)c1cccc2ccccc12. The van der Waals surface area contributed by atoms with Crippen LogP contribution in [0.4, 0.5) is 0 Å². The summed E-state index contributed by atoms with van der Waals surface area (Å²) in [5, 5.41) is 6.14. The van der Waals surface area contributed by atoms with Gasteiger partial charge in [-0.25, -0.2) is 0 Å². The lowest BCUT2D eigenvalue weighted by atomic mass is 9.98. The highest BCUT2D eigenvalue weighted by Crippen LogP contribution is 2.24. The van der Waals surface area contributed by atoms with E-state index in [9.17, 15) is 0 Å². The molecule has 0 saturated heterocycles. The van der Waals surface area contributed by atoms with E-state index in [0.717, 1.165) is 13.1 Å². The number of benzene rings is 2. The van der Waals surface area contributed by atoms with Crippen LogP contribution in [0.5, 0.6) is 0 Å². The van der Waals surface area contributed by atoms with Crippen molar-refractivity contribution in [3.63, 3.8) is 0 Å². The highest BCUT2D eigenvalue weighted by Gasteiger charge is 2.15. The summed E-state index contributed by atoms with van der Waals surface area (Å²) >= 11 is 0. The van der Waals surface area contributed by atoms with E-state index in [1.807, 2.05) is 0 Å². The van der Waals surface area contributed by atoms with Crippen LogP contribution in [-0.4, -0.2) is 32.1 Å². The Morgan fingerprint density at radius 2 is 1.70 bits per heavy atom. The van der Waals surface area contributed by atoms with E-state index in [-0.39, 0.29) is 0 Å². The Bertz CT molecular complexity index is 543. The van der Waals surface area contributed by atoms with Crippen LogP contribution in [0.1, 0.15) is 25.5 Å². The molecule has 1 unspecified atom stereocenters. The van der Waals surface area contributed by atoms with Crippen molar-refractivity contribution in [1.29, 1.82) is 0 Å². The lowest BCUT2D eigenvalue weighted by Crippen LogP contribution is -2.33. The summed E-state index contributed by atoms with van der Waals surface area (Å²) < 4.78 is 0. The Morgan fingerprint density at radius 3 is 2.40 bits per heavy atom. The Kier molecular flexibility index (Phi) is 5.16. The molecule has 0 spiro atoms. The molecule has 0 fully saturated rings. The molecule has 0 amide bonds. The van der Waals surface area contributed by atoms with Gasteiger partial charge in [0.2, 0.25) is 0 Å². The minimum Gasteiger partial charge on any atom is -0.312 e. The summed E-state index contributed by atoms with van der Waals surface area (Å²) in [6.07, 6.45) is 0. The molecular formula is C18H26N2. The van der Waals surface area contributed by atoms with Gasteiger partial charge in [-0.3, -0.25) is 0 Å². The van der Waals surface area contributed by atoms with Crippen LogP contribution in [0.25, 0.3) is 10.8 Å². The molecule has 2 nitrogen and oxygen atoms in total. The van der Waals surface area contributed by atoms with Crippen molar-refractivity contribution in [3.05, 3.63) is 48.0 Å². The Labute approximate surface area is 122 Å². The molecule has 2 aromatic carbocycles. The molecule has 0 saturated carbocycles. The van der Waals surface area contributed by atoms with Crippen LogP contribution in [0.3, 0.4) is 0 Å². The van der Waals surface area contributed by atoms with E-state index >= 15 is 0 Å². The average Bonchev–Trinajstić information content (AvgIpc) is 2.43. The zero-order valence-electron chi connectivity index (χ0n) is 13.1. The highest BCUT2D eigenvalue weighted by molar-refractivity contribution is 5.86. The first-order valence-electron chi connectivity index (χ1n) is 7.45. The molecule has 1 atom stereocenters. The second-order valence-electron chi connectivity index (χ2n) is 6.02. The van der Waals surface area contributed by atoms with E-state index in [0.29, 0.717) is 12.0 Å². The molecule has 2 aromatic rings. The Balaban J connectivity index is 2.25. The van der Waals surface area contributed by atoms with Crippen molar-refractivity contribution in [2.24, 2.45) is 5.92 Å². The van der Waals surface area contributed by atoms with Crippen LogP contribution in [0.2, 0.25) is 0 Å². The number of hydrogen-bond donors (Lipinski definition) is 1. The molecule has 0 radical (unpaired) electrons. The summed E-state index contributed by atoms with van der Waals surface area (Å²) in [6, 6.07) is 15.6. The van der Waals surface area contributed by atoms with Crippen LogP contribution < -0.4 is 5.32 Å². The predicted molar refractivity (Wildman–Crippen MR) is 88.1 cm³/mol. The number of hydrogen-bond acceptors (Lipinski definition) is 2. The van der Waals surface area contributed by atoms with E-state index in [1.165, 1.54) is 16.3 Å². The minimum atomic E-state index is 0.366. The van der Waals surface area contributed by atoms with Gasteiger partial charge >= 0.3 is 0 Å². The maximum Gasteiger partial charge on any atom is 0.0452 e. The summed E-state index contributed by atoms with van der Waals surface area (Å²) in [6.45, 7) is 6.69. The van der Waals surface area contributed by atoms with Gasteiger partial charge in [0.05, 0.1) is 0 Å². The molecule has 1 N–H and O–H groups in total. The second kappa shape index (κ2) is 6.87. The summed E-state index contributed by atoms with van der Waals surface area (Å²) in [7, 11) is 4.26. The third kappa shape index (κ3) is 3.59. The molecule has 0 bridgehead atoms. The zero-order valence-corrected chi connectivity index (χ0v) is 13.1.